The van der Waals surface area contributed by atoms with Gasteiger partial charge in [0, 0.05) is 30.8 Å². The number of fused-ring (bicyclic) bond motifs is 1. The molecule has 1 atom stereocenters. The minimum atomic E-state index is -0.392. The van der Waals surface area contributed by atoms with Crippen LogP contribution in [0.4, 0.5) is 0 Å². The average Bonchev–Trinajstić information content (AvgIpc) is 3.21. The van der Waals surface area contributed by atoms with E-state index in [4.69, 9.17) is 14.7 Å². The Morgan fingerprint density at radius 1 is 1.15 bits per heavy atom. The zero-order valence-corrected chi connectivity index (χ0v) is 16.0. The maximum atomic E-state index is 10.4. The van der Waals surface area contributed by atoms with E-state index in [0.29, 0.717) is 12.3 Å². The van der Waals surface area contributed by atoms with Gasteiger partial charge in [-0.05, 0) is 17.5 Å². The molecule has 0 spiro atoms. The third-order valence-electron chi connectivity index (χ3n) is 4.29. The number of para-hydroxylation sites is 1. The van der Waals surface area contributed by atoms with E-state index in [1.54, 1.807) is 23.1 Å². The van der Waals surface area contributed by atoms with Crippen LogP contribution in [0.5, 0.6) is 0 Å². The van der Waals surface area contributed by atoms with Gasteiger partial charge in [-0.2, -0.15) is 0 Å². The van der Waals surface area contributed by atoms with Gasteiger partial charge in [0.15, 0.2) is 5.82 Å². The molecule has 0 radical (unpaired) electrons. The van der Waals surface area contributed by atoms with Crippen LogP contribution in [-0.2, 0) is 4.74 Å². The number of thioether (sulfide) groups is 1. The van der Waals surface area contributed by atoms with E-state index in [0.717, 1.165) is 52.9 Å². The lowest BCUT2D eigenvalue weighted by atomic mass is 10.2. The Labute approximate surface area is 161 Å². The highest BCUT2D eigenvalue weighted by Gasteiger charge is 2.17. The van der Waals surface area contributed by atoms with Crippen LogP contribution in [0.25, 0.3) is 21.6 Å². The molecule has 3 aromatic rings. The highest BCUT2D eigenvalue weighted by atomic mass is 32.2. The maximum Gasteiger partial charge on any atom is 0.171 e. The Bertz CT molecular complexity index is 851. The van der Waals surface area contributed by atoms with Crippen LogP contribution in [0.15, 0.2) is 46.8 Å². The predicted molar refractivity (Wildman–Crippen MR) is 107 cm³/mol. The molecule has 3 heterocycles. The van der Waals surface area contributed by atoms with Gasteiger partial charge in [0.2, 0.25) is 0 Å². The van der Waals surface area contributed by atoms with Crippen molar-refractivity contribution >= 4 is 34.0 Å². The van der Waals surface area contributed by atoms with Crippen LogP contribution in [0.2, 0.25) is 0 Å². The van der Waals surface area contributed by atoms with Gasteiger partial charge in [-0.3, -0.25) is 4.90 Å². The summed E-state index contributed by atoms with van der Waals surface area (Å²) in [4.78, 5) is 12.8. The van der Waals surface area contributed by atoms with Crippen molar-refractivity contribution in [1.29, 1.82) is 0 Å². The van der Waals surface area contributed by atoms with E-state index >= 15 is 0 Å². The number of rotatable bonds is 6. The number of hydrogen-bond donors (Lipinski definition) is 1. The van der Waals surface area contributed by atoms with E-state index in [1.807, 2.05) is 41.8 Å². The van der Waals surface area contributed by atoms with Crippen molar-refractivity contribution in [3.05, 3.63) is 41.8 Å². The fourth-order valence-corrected chi connectivity index (χ4v) is 4.58. The van der Waals surface area contributed by atoms with Crippen LogP contribution in [-0.4, -0.2) is 64.7 Å². The van der Waals surface area contributed by atoms with Gasteiger partial charge in [-0.25, -0.2) is 9.97 Å². The predicted octanol–water partition coefficient (Wildman–Crippen LogP) is 3.14. The fraction of sp³-hybridized carbons (Fsp3) is 0.368. The molecule has 0 aliphatic carbocycles. The number of β-amino-alcohol motifs (C(OH)–C–C–N with tert-alkyl or cyclic N) is 1. The SMILES string of the molecule is O[C@@H](CSc1nc(-c2cccs2)nc2ccccc12)CN1CCOCC1. The first-order chi connectivity index (χ1) is 12.8. The van der Waals surface area contributed by atoms with Gasteiger partial charge >= 0.3 is 0 Å². The standard InChI is InChI=1S/C19H21N3O2S2/c23-14(12-22-7-9-24-10-8-22)13-26-19-15-4-1-2-5-16(15)20-18(21-19)17-6-3-11-25-17/h1-6,11,14,23H,7-10,12-13H2/t14-/m1/s1. The zero-order chi connectivity index (χ0) is 17.8. The molecule has 1 aliphatic heterocycles. The number of aliphatic hydroxyl groups is 1. The van der Waals surface area contributed by atoms with Gasteiger partial charge in [0.05, 0.1) is 29.7 Å². The summed E-state index contributed by atoms with van der Waals surface area (Å²) < 4.78 is 5.36. The van der Waals surface area contributed by atoms with E-state index in [2.05, 4.69) is 4.90 Å². The molecule has 5 nitrogen and oxygen atoms in total. The Hall–Kier alpha value is -1.51. The molecule has 0 bridgehead atoms. The number of thiophene rings is 1. The molecular formula is C19H21N3O2S2. The number of aliphatic hydroxyl groups excluding tert-OH is 1. The normalized spacial score (nSPS) is 16.8. The lowest BCUT2D eigenvalue weighted by molar-refractivity contribution is 0.0188. The van der Waals surface area contributed by atoms with E-state index < -0.39 is 6.10 Å². The topological polar surface area (TPSA) is 58.5 Å². The fourth-order valence-electron chi connectivity index (χ4n) is 2.98. The summed E-state index contributed by atoms with van der Waals surface area (Å²) in [5.41, 5.74) is 0.941. The Balaban J connectivity index is 1.51. The van der Waals surface area contributed by atoms with Gasteiger partial charge in [0.25, 0.3) is 0 Å². The summed E-state index contributed by atoms with van der Waals surface area (Å²) in [6.07, 6.45) is -0.392. The number of nitrogens with zero attached hydrogens (tertiary/aromatic N) is 3. The molecule has 1 saturated heterocycles. The van der Waals surface area contributed by atoms with Gasteiger partial charge < -0.3 is 9.84 Å². The molecule has 7 heteroatoms. The maximum absolute atomic E-state index is 10.4. The zero-order valence-electron chi connectivity index (χ0n) is 14.4. The molecule has 4 rings (SSSR count). The Kier molecular flexibility index (Phi) is 5.81. The minimum absolute atomic E-state index is 0.392. The summed E-state index contributed by atoms with van der Waals surface area (Å²) in [7, 11) is 0. The van der Waals surface area contributed by atoms with Crippen molar-refractivity contribution in [3.8, 4) is 10.7 Å². The second kappa shape index (κ2) is 8.45. The molecule has 0 saturated carbocycles. The van der Waals surface area contributed by atoms with Crippen molar-refractivity contribution in [1.82, 2.24) is 14.9 Å². The first-order valence-electron chi connectivity index (χ1n) is 8.71. The Morgan fingerprint density at radius 3 is 2.81 bits per heavy atom. The first-order valence-corrected chi connectivity index (χ1v) is 10.6. The van der Waals surface area contributed by atoms with Crippen molar-refractivity contribution in [3.63, 3.8) is 0 Å². The number of aromatic nitrogens is 2. The minimum Gasteiger partial charge on any atom is -0.391 e. The van der Waals surface area contributed by atoms with Crippen molar-refractivity contribution in [2.45, 2.75) is 11.1 Å². The Morgan fingerprint density at radius 2 is 2.00 bits per heavy atom. The van der Waals surface area contributed by atoms with Crippen LogP contribution in [0.1, 0.15) is 0 Å². The average molecular weight is 388 g/mol. The smallest absolute Gasteiger partial charge is 0.171 e. The van der Waals surface area contributed by atoms with Gasteiger partial charge in [-0.1, -0.05) is 24.3 Å². The molecule has 1 N–H and O–H groups in total. The van der Waals surface area contributed by atoms with Gasteiger partial charge in [0.1, 0.15) is 5.03 Å². The second-order valence-electron chi connectivity index (χ2n) is 6.22. The summed E-state index contributed by atoms with van der Waals surface area (Å²) >= 11 is 3.24. The molecule has 1 aliphatic rings. The van der Waals surface area contributed by atoms with E-state index in [1.165, 1.54) is 0 Å². The highest BCUT2D eigenvalue weighted by Crippen LogP contribution is 2.30. The molecule has 2 aromatic heterocycles. The lowest BCUT2D eigenvalue weighted by Crippen LogP contribution is -2.41. The van der Waals surface area contributed by atoms with Gasteiger partial charge in [-0.15, -0.1) is 23.1 Å². The monoisotopic (exact) mass is 387 g/mol. The first kappa shape index (κ1) is 17.9. The molecule has 136 valence electrons. The lowest BCUT2D eigenvalue weighted by Gasteiger charge is -2.28. The van der Waals surface area contributed by atoms with Crippen LogP contribution < -0.4 is 0 Å². The number of hydrogen-bond acceptors (Lipinski definition) is 7. The summed E-state index contributed by atoms with van der Waals surface area (Å²) in [5.74, 6) is 1.37. The molecule has 0 unspecified atom stereocenters. The molecule has 1 fully saturated rings. The van der Waals surface area contributed by atoms with Crippen LogP contribution in [0.3, 0.4) is 0 Å². The van der Waals surface area contributed by atoms with Crippen molar-refractivity contribution < 1.29 is 9.84 Å². The molecule has 26 heavy (non-hydrogen) atoms. The summed E-state index contributed by atoms with van der Waals surface area (Å²) in [5, 5.41) is 14.4. The third-order valence-corrected chi connectivity index (χ3v) is 6.30. The van der Waals surface area contributed by atoms with E-state index in [-0.39, 0.29) is 0 Å². The van der Waals surface area contributed by atoms with Crippen LogP contribution >= 0.6 is 23.1 Å². The van der Waals surface area contributed by atoms with Crippen molar-refractivity contribution in [2.24, 2.45) is 0 Å². The molecule has 1 aromatic carbocycles. The second-order valence-corrected chi connectivity index (χ2v) is 8.18. The third kappa shape index (κ3) is 4.24. The summed E-state index contributed by atoms with van der Waals surface area (Å²) in [6.45, 7) is 3.96. The van der Waals surface area contributed by atoms with Crippen LogP contribution in [0, 0.1) is 0 Å². The summed E-state index contributed by atoms with van der Waals surface area (Å²) in [6, 6.07) is 12.1. The number of morpholine rings is 1. The number of ether oxygens (including phenoxy) is 1. The van der Waals surface area contributed by atoms with E-state index in [9.17, 15) is 5.11 Å². The largest absolute Gasteiger partial charge is 0.391 e. The molecular weight excluding hydrogens is 366 g/mol. The quantitative estimate of drug-likeness (QED) is 0.518. The number of benzene rings is 1. The highest BCUT2D eigenvalue weighted by molar-refractivity contribution is 7.99. The molecule has 0 amide bonds. The van der Waals surface area contributed by atoms with Crippen molar-refractivity contribution in [2.75, 3.05) is 38.6 Å².